The molecule has 2 aromatic heterocycles. The first kappa shape index (κ1) is 11.5. The lowest BCUT2D eigenvalue weighted by molar-refractivity contribution is 0.101. The molecule has 0 aliphatic heterocycles. The molecule has 2 heterocycles. The largest absolute Gasteiger partial charge is 0.379 e. The van der Waals surface area contributed by atoms with Crippen LogP contribution in [-0.2, 0) is 4.74 Å². The molecule has 5 nitrogen and oxygen atoms in total. The summed E-state index contributed by atoms with van der Waals surface area (Å²) in [6.45, 7) is 1.99. The maximum absolute atomic E-state index is 5.50. The Morgan fingerprint density at radius 2 is 2.33 bits per heavy atom. The number of aromatic nitrogens is 3. The quantitative estimate of drug-likeness (QED) is 0.900. The Morgan fingerprint density at radius 3 is 3.17 bits per heavy atom. The minimum absolute atomic E-state index is 0.288. The van der Waals surface area contributed by atoms with Crippen LogP contribution in [0.3, 0.4) is 0 Å². The third-order valence-electron chi connectivity index (χ3n) is 3.59. The first-order chi connectivity index (χ1) is 8.78. The first-order valence-electron chi connectivity index (χ1n) is 6.38. The molecule has 1 aliphatic carbocycles. The van der Waals surface area contributed by atoms with E-state index in [-0.39, 0.29) is 6.10 Å². The standard InChI is InChI=1S/C13H18N4O/c1-9-8-11-13(14-6-7-17(11)16-9)15-10-4-3-5-12(10)18-2/h6-8,10,12H,3-5H2,1-2H3,(H,14,15). The smallest absolute Gasteiger partial charge is 0.152 e. The summed E-state index contributed by atoms with van der Waals surface area (Å²) in [6.07, 6.45) is 7.40. The van der Waals surface area contributed by atoms with E-state index in [2.05, 4.69) is 15.4 Å². The minimum atomic E-state index is 0.288. The van der Waals surface area contributed by atoms with E-state index in [4.69, 9.17) is 4.74 Å². The predicted molar refractivity (Wildman–Crippen MR) is 69.8 cm³/mol. The van der Waals surface area contributed by atoms with E-state index in [0.29, 0.717) is 6.04 Å². The monoisotopic (exact) mass is 246 g/mol. The van der Waals surface area contributed by atoms with Crippen molar-refractivity contribution in [3.63, 3.8) is 0 Å². The number of rotatable bonds is 3. The zero-order chi connectivity index (χ0) is 12.5. The maximum atomic E-state index is 5.50. The van der Waals surface area contributed by atoms with Crippen LogP contribution in [0.25, 0.3) is 5.52 Å². The van der Waals surface area contributed by atoms with Gasteiger partial charge in [-0.25, -0.2) is 9.50 Å². The lowest BCUT2D eigenvalue weighted by atomic mass is 10.2. The third kappa shape index (κ3) is 1.95. The molecule has 96 valence electrons. The van der Waals surface area contributed by atoms with Gasteiger partial charge in [-0.05, 0) is 32.3 Å². The number of fused-ring (bicyclic) bond motifs is 1. The average Bonchev–Trinajstić information content (AvgIpc) is 2.94. The van der Waals surface area contributed by atoms with Gasteiger partial charge in [-0.1, -0.05) is 0 Å². The zero-order valence-corrected chi connectivity index (χ0v) is 10.8. The van der Waals surface area contributed by atoms with Gasteiger partial charge in [0.2, 0.25) is 0 Å². The molecule has 0 spiro atoms. The second kappa shape index (κ2) is 4.57. The van der Waals surface area contributed by atoms with Gasteiger partial charge >= 0.3 is 0 Å². The number of nitrogens with zero attached hydrogens (tertiary/aromatic N) is 3. The van der Waals surface area contributed by atoms with Gasteiger partial charge in [0.25, 0.3) is 0 Å². The molecular formula is C13H18N4O. The molecule has 1 fully saturated rings. The molecule has 2 aromatic rings. The zero-order valence-electron chi connectivity index (χ0n) is 10.8. The summed E-state index contributed by atoms with van der Waals surface area (Å²) in [5.41, 5.74) is 2.03. The van der Waals surface area contributed by atoms with Gasteiger partial charge in [-0.15, -0.1) is 0 Å². The van der Waals surface area contributed by atoms with Crippen molar-refractivity contribution in [1.82, 2.24) is 14.6 Å². The fourth-order valence-electron chi connectivity index (χ4n) is 2.70. The molecular weight excluding hydrogens is 228 g/mol. The number of ether oxygens (including phenoxy) is 1. The van der Waals surface area contributed by atoms with Crippen LogP contribution >= 0.6 is 0 Å². The molecule has 1 N–H and O–H groups in total. The SMILES string of the molecule is COC1CCCC1Nc1nccn2nc(C)cc12. The average molecular weight is 246 g/mol. The third-order valence-corrected chi connectivity index (χ3v) is 3.59. The molecule has 0 aromatic carbocycles. The molecule has 0 radical (unpaired) electrons. The molecule has 2 atom stereocenters. The van der Waals surface area contributed by atoms with Gasteiger partial charge in [0.15, 0.2) is 5.82 Å². The Kier molecular flexibility index (Phi) is 2.91. The molecule has 0 bridgehead atoms. The molecule has 0 saturated heterocycles. The Balaban J connectivity index is 1.90. The molecule has 5 heteroatoms. The molecule has 0 amide bonds. The van der Waals surface area contributed by atoms with E-state index in [0.717, 1.165) is 29.9 Å². The number of nitrogens with one attached hydrogen (secondary N) is 1. The first-order valence-corrected chi connectivity index (χ1v) is 6.38. The second-order valence-corrected chi connectivity index (χ2v) is 4.85. The fourth-order valence-corrected chi connectivity index (χ4v) is 2.70. The van der Waals surface area contributed by atoms with Crippen molar-refractivity contribution in [3.05, 3.63) is 24.2 Å². The fraction of sp³-hybridized carbons (Fsp3) is 0.538. The topological polar surface area (TPSA) is 51.5 Å². The molecule has 1 aliphatic rings. The van der Waals surface area contributed by atoms with Gasteiger partial charge in [0, 0.05) is 19.5 Å². The predicted octanol–water partition coefficient (Wildman–Crippen LogP) is 2.02. The van der Waals surface area contributed by atoms with Gasteiger partial charge in [0.05, 0.1) is 17.8 Å². The van der Waals surface area contributed by atoms with Crippen LogP contribution < -0.4 is 5.32 Å². The van der Waals surface area contributed by atoms with Crippen molar-refractivity contribution in [3.8, 4) is 0 Å². The summed E-state index contributed by atoms with van der Waals surface area (Å²) < 4.78 is 7.36. The van der Waals surface area contributed by atoms with E-state index in [9.17, 15) is 0 Å². The Bertz CT molecular complexity index is 551. The summed E-state index contributed by atoms with van der Waals surface area (Å²) >= 11 is 0. The molecule has 1 saturated carbocycles. The molecule has 2 unspecified atom stereocenters. The van der Waals surface area contributed by atoms with Crippen LogP contribution in [0.15, 0.2) is 18.5 Å². The summed E-state index contributed by atoms with van der Waals surface area (Å²) in [6, 6.07) is 2.40. The van der Waals surface area contributed by atoms with Crippen LogP contribution in [0.1, 0.15) is 25.0 Å². The summed E-state index contributed by atoms with van der Waals surface area (Å²) in [7, 11) is 1.78. The molecule has 3 rings (SSSR count). The normalized spacial score (nSPS) is 23.7. The molecule has 18 heavy (non-hydrogen) atoms. The van der Waals surface area contributed by atoms with Crippen LogP contribution in [-0.4, -0.2) is 33.9 Å². The summed E-state index contributed by atoms with van der Waals surface area (Å²) in [4.78, 5) is 4.42. The number of hydrogen-bond acceptors (Lipinski definition) is 4. The van der Waals surface area contributed by atoms with Crippen molar-refractivity contribution >= 4 is 11.3 Å². The second-order valence-electron chi connectivity index (χ2n) is 4.85. The van der Waals surface area contributed by atoms with Crippen LogP contribution in [0.5, 0.6) is 0 Å². The van der Waals surface area contributed by atoms with E-state index in [1.807, 2.05) is 23.7 Å². The highest BCUT2D eigenvalue weighted by Crippen LogP contribution is 2.26. The lowest BCUT2D eigenvalue weighted by Gasteiger charge is -2.20. The Morgan fingerprint density at radius 1 is 1.44 bits per heavy atom. The Hall–Kier alpha value is -1.62. The number of hydrogen-bond donors (Lipinski definition) is 1. The lowest BCUT2D eigenvalue weighted by Crippen LogP contribution is -2.30. The van der Waals surface area contributed by atoms with Crippen molar-refractivity contribution in [2.45, 2.75) is 38.3 Å². The van der Waals surface area contributed by atoms with Crippen LogP contribution in [0.4, 0.5) is 5.82 Å². The maximum Gasteiger partial charge on any atom is 0.152 e. The summed E-state index contributed by atoms with van der Waals surface area (Å²) in [5, 5.41) is 7.89. The number of anilines is 1. The van der Waals surface area contributed by atoms with E-state index >= 15 is 0 Å². The van der Waals surface area contributed by atoms with E-state index in [1.54, 1.807) is 13.3 Å². The van der Waals surface area contributed by atoms with Gasteiger partial charge in [-0.2, -0.15) is 5.10 Å². The van der Waals surface area contributed by atoms with E-state index in [1.165, 1.54) is 6.42 Å². The summed E-state index contributed by atoms with van der Waals surface area (Å²) in [5.74, 6) is 0.895. The van der Waals surface area contributed by atoms with Crippen LogP contribution in [0, 0.1) is 6.92 Å². The van der Waals surface area contributed by atoms with Crippen molar-refractivity contribution in [2.75, 3.05) is 12.4 Å². The van der Waals surface area contributed by atoms with Gasteiger partial charge in [-0.3, -0.25) is 0 Å². The highest BCUT2D eigenvalue weighted by Gasteiger charge is 2.27. The number of aryl methyl sites for hydroxylation is 1. The van der Waals surface area contributed by atoms with Crippen molar-refractivity contribution in [2.24, 2.45) is 0 Å². The van der Waals surface area contributed by atoms with Gasteiger partial charge < -0.3 is 10.1 Å². The van der Waals surface area contributed by atoms with Crippen molar-refractivity contribution in [1.29, 1.82) is 0 Å². The van der Waals surface area contributed by atoms with Crippen molar-refractivity contribution < 1.29 is 4.74 Å². The minimum Gasteiger partial charge on any atom is -0.379 e. The van der Waals surface area contributed by atoms with Crippen LogP contribution in [0.2, 0.25) is 0 Å². The number of methoxy groups -OCH3 is 1. The Labute approximate surface area is 106 Å². The van der Waals surface area contributed by atoms with E-state index < -0.39 is 0 Å². The van der Waals surface area contributed by atoms with Gasteiger partial charge in [0.1, 0.15) is 5.52 Å². The highest BCUT2D eigenvalue weighted by molar-refractivity contribution is 5.68. The highest BCUT2D eigenvalue weighted by atomic mass is 16.5.